The summed E-state index contributed by atoms with van der Waals surface area (Å²) in [5, 5.41) is 11.8. The van der Waals surface area contributed by atoms with E-state index >= 15 is 0 Å². The number of benzene rings is 1. The molecule has 1 N–H and O–H groups in total. The Balaban J connectivity index is 2.12. The van der Waals surface area contributed by atoms with Gasteiger partial charge in [0.2, 0.25) is 5.91 Å². The van der Waals surface area contributed by atoms with Crippen molar-refractivity contribution < 1.29 is 13.8 Å². The highest BCUT2D eigenvalue weighted by Gasteiger charge is 2.22. The van der Waals surface area contributed by atoms with E-state index in [1.807, 2.05) is 36.0 Å². The van der Waals surface area contributed by atoms with Gasteiger partial charge in [-0.2, -0.15) is 5.26 Å². The van der Waals surface area contributed by atoms with E-state index in [0.717, 1.165) is 30.6 Å². The molecule has 0 heterocycles. The number of hydrogen-bond acceptors (Lipinski definition) is 5. The maximum atomic E-state index is 12.2. The topological polar surface area (TPSA) is 74.6 Å². The molecule has 6 nitrogen and oxygen atoms in total. The molecule has 1 atom stereocenters. The molecule has 1 unspecified atom stereocenters. The molecule has 0 aliphatic carbocycles. The zero-order chi connectivity index (χ0) is 27.8. The summed E-state index contributed by atoms with van der Waals surface area (Å²) in [6.45, 7) is 7.45. The Kier molecular flexibility index (Phi) is 21.0. The van der Waals surface area contributed by atoms with E-state index in [-0.39, 0.29) is 11.9 Å². The third-order valence-electron chi connectivity index (χ3n) is 6.77. The molecule has 0 saturated heterocycles. The molecule has 1 amide bonds. The van der Waals surface area contributed by atoms with Gasteiger partial charge in [0.15, 0.2) is 0 Å². The summed E-state index contributed by atoms with van der Waals surface area (Å²) in [7, 11) is 0.700. The second kappa shape index (κ2) is 23.2. The van der Waals surface area contributed by atoms with Crippen molar-refractivity contribution in [3.05, 3.63) is 29.8 Å². The van der Waals surface area contributed by atoms with Gasteiger partial charge in [0.05, 0.1) is 19.1 Å². The average Bonchev–Trinajstić information content (AvgIpc) is 2.91. The molecule has 0 aliphatic rings. The Bertz CT molecular complexity index is 752. The molecule has 7 heteroatoms. The van der Waals surface area contributed by atoms with Crippen molar-refractivity contribution in [1.82, 2.24) is 9.99 Å². The van der Waals surface area contributed by atoms with E-state index < -0.39 is 8.53 Å². The van der Waals surface area contributed by atoms with Gasteiger partial charge in [-0.15, -0.1) is 0 Å². The average molecular weight is 548 g/mol. The summed E-state index contributed by atoms with van der Waals surface area (Å²) in [5.41, 5.74) is 1.16. The molecule has 1 aromatic carbocycles. The number of rotatable bonds is 24. The fourth-order valence-corrected chi connectivity index (χ4v) is 5.38. The van der Waals surface area contributed by atoms with Gasteiger partial charge in [0, 0.05) is 19.0 Å². The summed E-state index contributed by atoms with van der Waals surface area (Å²) in [5.74, 6) is 0.903. The van der Waals surface area contributed by atoms with Crippen LogP contribution in [0.3, 0.4) is 0 Å². The zero-order valence-electron chi connectivity index (χ0n) is 24.7. The van der Waals surface area contributed by atoms with Gasteiger partial charge in [-0.1, -0.05) is 96.1 Å². The van der Waals surface area contributed by atoms with Crippen molar-refractivity contribution in [2.75, 3.05) is 20.2 Å². The molecular weight excluding hydrogens is 493 g/mol. The van der Waals surface area contributed by atoms with Crippen molar-refractivity contribution in [3.63, 3.8) is 0 Å². The lowest BCUT2D eigenvalue weighted by molar-refractivity contribution is -0.121. The lowest BCUT2D eigenvalue weighted by Gasteiger charge is -2.28. The first-order chi connectivity index (χ1) is 18.5. The minimum atomic E-state index is -1.27. The maximum absolute atomic E-state index is 12.2. The lowest BCUT2D eigenvalue weighted by Crippen LogP contribution is -2.25. The molecule has 0 saturated carbocycles. The first-order valence-electron chi connectivity index (χ1n) is 15.0. The monoisotopic (exact) mass is 547 g/mol. The number of carbonyl (C=O) groups excluding carboxylic acids is 1. The third kappa shape index (κ3) is 17.8. The summed E-state index contributed by atoms with van der Waals surface area (Å²) < 4.78 is 13.9. The van der Waals surface area contributed by atoms with E-state index in [2.05, 4.69) is 32.2 Å². The molecule has 0 fully saturated rings. The van der Waals surface area contributed by atoms with Gasteiger partial charge in [0.1, 0.15) is 5.75 Å². The van der Waals surface area contributed by atoms with Gasteiger partial charge in [0.25, 0.3) is 0 Å². The van der Waals surface area contributed by atoms with Crippen LogP contribution >= 0.6 is 8.53 Å². The van der Waals surface area contributed by atoms with E-state index in [4.69, 9.17) is 14.3 Å². The van der Waals surface area contributed by atoms with E-state index in [0.29, 0.717) is 26.0 Å². The number of unbranched alkanes of at least 4 members (excludes halogenated alkanes) is 12. The maximum Gasteiger partial charge on any atom is 0.321 e. The molecule has 1 aromatic rings. The Hall–Kier alpha value is -1.67. The van der Waals surface area contributed by atoms with Gasteiger partial charge in [-0.05, 0) is 51.4 Å². The van der Waals surface area contributed by atoms with Crippen LogP contribution in [0.2, 0.25) is 0 Å². The Morgan fingerprint density at radius 2 is 1.50 bits per heavy atom. The summed E-state index contributed by atoms with van der Waals surface area (Å²) in [6.07, 6.45) is 18.9. The van der Waals surface area contributed by atoms with Crippen molar-refractivity contribution in [2.24, 2.45) is 0 Å². The quantitative estimate of drug-likeness (QED) is 0.103. The van der Waals surface area contributed by atoms with Crippen molar-refractivity contribution in [3.8, 4) is 11.8 Å². The lowest BCUT2D eigenvalue weighted by atomic mass is 10.0. The third-order valence-corrected chi connectivity index (χ3v) is 8.52. The summed E-state index contributed by atoms with van der Waals surface area (Å²) in [6, 6.07) is 10.3. The Morgan fingerprint density at radius 1 is 0.947 bits per heavy atom. The van der Waals surface area contributed by atoms with Crippen LogP contribution in [-0.2, 0) is 15.7 Å². The van der Waals surface area contributed by atoms with Crippen LogP contribution in [0.5, 0.6) is 5.75 Å². The second-order valence-corrected chi connectivity index (χ2v) is 12.0. The Labute approximate surface area is 234 Å². The SMILES string of the molecule is CCCCCCCCCCCCCCCC(=O)NCCc1ccc(OP(OCCC#N)N(C)C(C)C)cc1. The Morgan fingerprint density at radius 3 is 2.03 bits per heavy atom. The molecule has 0 spiro atoms. The number of amides is 1. The number of nitrogens with one attached hydrogen (secondary N) is 1. The number of nitriles is 1. The van der Waals surface area contributed by atoms with E-state index in [1.54, 1.807) is 0 Å². The minimum absolute atomic E-state index is 0.157. The van der Waals surface area contributed by atoms with Crippen LogP contribution in [0.15, 0.2) is 24.3 Å². The summed E-state index contributed by atoms with van der Waals surface area (Å²) >= 11 is 0. The predicted octanol–water partition coefficient (Wildman–Crippen LogP) is 8.70. The van der Waals surface area contributed by atoms with Crippen LogP contribution in [-0.4, -0.2) is 36.8 Å². The van der Waals surface area contributed by atoms with Gasteiger partial charge >= 0.3 is 8.53 Å². The van der Waals surface area contributed by atoms with Crippen LogP contribution in [0.1, 0.15) is 123 Å². The van der Waals surface area contributed by atoms with Gasteiger partial charge in [-0.25, -0.2) is 4.67 Å². The number of nitrogens with zero attached hydrogens (tertiary/aromatic N) is 2. The molecular formula is C31H54N3O3P. The highest BCUT2D eigenvalue weighted by Crippen LogP contribution is 2.43. The highest BCUT2D eigenvalue weighted by atomic mass is 31.2. The second-order valence-electron chi connectivity index (χ2n) is 10.5. The normalized spacial score (nSPS) is 12.0. The first-order valence-corrected chi connectivity index (χ1v) is 16.2. The van der Waals surface area contributed by atoms with Crippen LogP contribution in [0, 0.1) is 11.3 Å². The fraction of sp³-hybridized carbons (Fsp3) is 0.742. The van der Waals surface area contributed by atoms with Crippen LogP contribution in [0.4, 0.5) is 0 Å². The van der Waals surface area contributed by atoms with Crippen molar-refractivity contribution in [1.29, 1.82) is 5.26 Å². The van der Waals surface area contributed by atoms with Crippen molar-refractivity contribution in [2.45, 2.75) is 130 Å². The largest absolute Gasteiger partial charge is 0.436 e. The molecule has 0 aliphatic heterocycles. The highest BCUT2D eigenvalue weighted by molar-refractivity contribution is 7.45. The fourth-order valence-electron chi connectivity index (χ4n) is 4.08. The number of hydrogen-bond donors (Lipinski definition) is 1. The minimum Gasteiger partial charge on any atom is -0.436 e. The zero-order valence-corrected chi connectivity index (χ0v) is 25.6. The molecule has 0 bridgehead atoms. The summed E-state index contributed by atoms with van der Waals surface area (Å²) in [4.78, 5) is 12.2. The number of carbonyl (C=O) groups is 1. The van der Waals surface area contributed by atoms with Gasteiger partial charge in [-0.3, -0.25) is 4.79 Å². The first kappa shape index (κ1) is 34.4. The molecule has 0 aromatic heterocycles. The molecule has 216 valence electrons. The smallest absolute Gasteiger partial charge is 0.321 e. The van der Waals surface area contributed by atoms with E-state index in [9.17, 15) is 4.79 Å². The standard InChI is InChI=1S/C31H54N3O3P/c1-5-6-7-8-9-10-11-12-13-14-15-16-17-19-31(35)33-26-24-29-20-22-30(23-21-29)37-38(34(4)28(2)3)36-27-18-25-32/h20-23,28H,5-19,24,26-27H2,1-4H3,(H,33,35). The molecule has 38 heavy (non-hydrogen) atoms. The van der Waals surface area contributed by atoms with Crippen LogP contribution < -0.4 is 9.84 Å². The predicted molar refractivity (Wildman–Crippen MR) is 160 cm³/mol. The van der Waals surface area contributed by atoms with E-state index in [1.165, 1.54) is 70.6 Å². The van der Waals surface area contributed by atoms with Crippen molar-refractivity contribution >= 4 is 14.4 Å². The molecule has 0 radical (unpaired) electrons. The van der Waals surface area contributed by atoms with Crippen LogP contribution in [0.25, 0.3) is 0 Å². The van der Waals surface area contributed by atoms with Gasteiger partial charge < -0.3 is 14.4 Å². The molecule has 1 rings (SSSR count).